The first-order valence-corrected chi connectivity index (χ1v) is 10.7. The molecule has 3 N–H and O–H groups in total. The van der Waals surface area contributed by atoms with Crippen LogP contribution < -0.4 is 10.6 Å². The molecule has 0 atom stereocenters. The van der Waals surface area contributed by atoms with Crippen molar-refractivity contribution in [3.8, 4) is 16.2 Å². The van der Waals surface area contributed by atoms with E-state index in [0.29, 0.717) is 0 Å². The lowest BCUT2D eigenvalue weighted by Gasteiger charge is -2.06. The van der Waals surface area contributed by atoms with Crippen LogP contribution in [0.4, 0.5) is 11.5 Å². The zero-order valence-corrected chi connectivity index (χ0v) is 16.7. The van der Waals surface area contributed by atoms with Gasteiger partial charge in [-0.2, -0.15) is 0 Å². The Morgan fingerprint density at radius 1 is 1.03 bits per heavy atom. The van der Waals surface area contributed by atoms with Gasteiger partial charge in [-0.3, -0.25) is 0 Å². The number of thiophene rings is 1. The smallest absolute Gasteiger partial charge is 0.151 e. The molecular weight excluding hydrogens is 380 g/mol. The summed E-state index contributed by atoms with van der Waals surface area (Å²) in [6, 6.07) is 17.9. The molecule has 29 heavy (non-hydrogen) atoms. The SMILES string of the molecule is Oc1cccc(Nc2ncnc3cc(-c4ccc(CNCC5CC5)cc4)sc23)c1. The number of hydrogen-bond donors (Lipinski definition) is 3. The van der Waals surface area contributed by atoms with Crippen molar-refractivity contribution in [3.63, 3.8) is 0 Å². The Morgan fingerprint density at radius 2 is 1.90 bits per heavy atom. The van der Waals surface area contributed by atoms with Crippen LogP contribution >= 0.6 is 11.3 Å². The van der Waals surface area contributed by atoms with Gasteiger partial charge in [-0.15, -0.1) is 11.3 Å². The Labute approximate surface area is 173 Å². The highest BCUT2D eigenvalue weighted by Gasteiger charge is 2.20. The van der Waals surface area contributed by atoms with Crippen molar-refractivity contribution in [2.75, 3.05) is 11.9 Å². The molecule has 0 radical (unpaired) electrons. The minimum atomic E-state index is 0.221. The number of aromatic hydroxyl groups is 1. The number of benzene rings is 2. The number of rotatable bonds is 7. The predicted octanol–water partition coefficient (Wildman–Crippen LogP) is 5.31. The molecule has 6 heteroatoms. The van der Waals surface area contributed by atoms with Gasteiger partial charge in [0.1, 0.15) is 12.1 Å². The Hall–Kier alpha value is -2.96. The molecule has 0 aliphatic heterocycles. The summed E-state index contributed by atoms with van der Waals surface area (Å²) in [5.74, 6) is 1.87. The second kappa shape index (κ2) is 7.81. The van der Waals surface area contributed by atoms with E-state index in [2.05, 4.69) is 50.9 Å². The van der Waals surface area contributed by atoms with Gasteiger partial charge in [0.25, 0.3) is 0 Å². The van der Waals surface area contributed by atoms with E-state index in [-0.39, 0.29) is 5.75 Å². The van der Waals surface area contributed by atoms with Crippen molar-refractivity contribution in [1.29, 1.82) is 0 Å². The average molecular weight is 403 g/mol. The van der Waals surface area contributed by atoms with E-state index in [9.17, 15) is 5.11 Å². The molecule has 0 amide bonds. The number of hydrogen-bond acceptors (Lipinski definition) is 6. The lowest BCUT2D eigenvalue weighted by molar-refractivity contribution is 0.475. The fourth-order valence-corrected chi connectivity index (χ4v) is 4.40. The molecule has 1 saturated carbocycles. The zero-order valence-electron chi connectivity index (χ0n) is 15.9. The second-order valence-corrected chi connectivity index (χ2v) is 8.55. The van der Waals surface area contributed by atoms with Gasteiger partial charge in [0.15, 0.2) is 5.82 Å². The van der Waals surface area contributed by atoms with E-state index >= 15 is 0 Å². The Bertz CT molecular complexity index is 1140. The number of nitrogens with one attached hydrogen (secondary N) is 2. The topological polar surface area (TPSA) is 70.1 Å². The average Bonchev–Trinajstić information content (AvgIpc) is 3.44. The van der Waals surface area contributed by atoms with Gasteiger partial charge in [0.05, 0.1) is 10.2 Å². The van der Waals surface area contributed by atoms with Crippen LogP contribution in [0.15, 0.2) is 60.9 Å². The van der Waals surface area contributed by atoms with Crippen molar-refractivity contribution in [1.82, 2.24) is 15.3 Å². The van der Waals surface area contributed by atoms with E-state index < -0.39 is 0 Å². The van der Waals surface area contributed by atoms with E-state index in [1.807, 2.05) is 6.07 Å². The molecule has 146 valence electrons. The number of phenols is 1. The number of anilines is 2. The maximum Gasteiger partial charge on any atom is 0.151 e. The summed E-state index contributed by atoms with van der Waals surface area (Å²) in [6.07, 6.45) is 4.32. The Balaban J connectivity index is 1.36. The first kappa shape index (κ1) is 18.1. The summed E-state index contributed by atoms with van der Waals surface area (Å²) in [4.78, 5) is 10.00. The fraction of sp³-hybridized carbons (Fsp3) is 0.217. The van der Waals surface area contributed by atoms with Crippen LogP contribution in [0.2, 0.25) is 0 Å². The van der Waals surface area contributed by atoms with E-state index in [1.54, 1.807) is 35.9 Å². The molecule has 2 aromatic carbocycles. The molecule has 0 unspecified atom stereocenters. The van der Waals surface area contributed by atoms with Crippen molar-refractivity contribution in [2.24, 2.45) is 5.92 Å². The Morgan fingerprint density at radius 3 is 2.69 bits per heavy atom. The monoisotopic (exact) mass is 402 g/mol. The lowest BCUT2D eigenvalue weighted by atomic mass is 10.1. The largest absolute Gasteiger partial charge is 0.508 e. The minimum absolute atomic E-state index is 0.221. The highest BCUT2D eigenvalue weighted by atomic mass is 32.1. The third-order valence-corrected chi connectivity index (χ3v) is 6.30. The number of nitrogens with zero attached hydrogens (tertiary/aromatic N) is 2. The summed E-state index contributed by atoms with van der Waals surface area (Å²) in [7, 11) is 0. The standard InChI is InChI=1S/C23H22N4OS/c28-19-3-1-2-18(10-19)27-23-22-20(25-14-26-23)11-21(29-22)17-8-6-16(7-9-17)13-24-12-15-4-5-15/h1-3,6-11,14-15,24,28H,4-5,12-13H2,(H,25,26,27). The van der Waals surface area contributed by atoms with Crippen LogP contribution in [0.3, 0.4) is 0 Å². The van der Waals surface area contributed by atoms with E-state index in [1.165, 1.54) is 24.0 Å². The molecule has 4 aromatic rings. The molecule has 0 spiro atoms. The summed E-state index contributed by atoms with van der Waals surface area (Å²) in [5, 5.41) is 16.5. The quantitative estimate of drug-likeness (QED) is 0.391. The van der Waals surface area contributed by atoms with Crippen LogP contribution in [-0.2, 0) is 6.54 Å². The normalized spacial score (nSPS) is 13.7. The summed E-state index contributed by atoms with van der Waals surface area (Å²) in [6.45, 7) is 2.05. The molecule has 5 rings (SSSR count). The van der Waals surface area contributed by atoms with Crippen molar-refractivity contribution >= 4 is 33.1 Å². The van der Waals surface area contributed by atoms with Crippen LogP contribution in [-0.4, -0.2) is 21.6 Å². The summed E-state index contributed by atoms with van der Waals surface area (Å²) >= 11 is 1.67. The van der Waals surface area contributed by atoms with Crippen molar-refractivity contribution in [2.45, 2.75) is 19.4 Å². The lowest BCUT2D eigenvalue weighted by Crippen LogP contribution is -2.15. The van der Waals surface area contributed by atoms with E-state index in [0.717, 1.165) is 45.6 Å². The first-order chi connectivity index (χ1) is 14.2. The molecule has 0 bridgehead atoms. The van der Waals surface area contributed by atoms with Gasteiger partial charge in [0, 0.05) is 23.2 Å². The molecule has 1 aliphatic rings. The zero-order chi connectivity index (χ0) is 19.6. The van der Waals surface area contributed by atoms with Crippen LogP contribution in [0, 0.1) is 5.92 Å². The molecule has 1 aliphatic carbocycles. The van der Waals surface area contributed by atoms with Gasteiger partial charge >= 0.3 is 0 Å². The second-order valence-electron chi connectivity index (χ2n) is 7.49. The third kappa shape index (κ3) is 4.23. The third-order valence-electron chi connectivity index (χ3n) is 5.12. The van der Waals surface area contributed by atoms with Crippen LogP contribution in [0.1, 0.15) is 18.4 Å². The van der Waals surface area contributed by atoms with Crippen LogP contribution in [0.5, 0.6) is 5.75 Å². The van der Waals surface area contributed by atoms with Gasteiger partial charge in [-0.05, 0) is 54.6 Å². The van der Waals surface area contributed by atoms with Crippen molar-refractivity contribution in [3.05, 3.63) is 66.5 Å². The van der Waals surface area contributed by atoms with Gasteiger partial charge in [-0.1, -0.05) is 30.3 Å². The molecule has 0 saturated heterocycles. The highest BCUT2D eigenvalue weighted by molar-refractivity contribution is 7.22. The van der Waals surface area contributed by atoms with Crippen molar-refractivity contribution < 1.29 is 5.11 Å². The predicted molar refractivity (Wildman–Crippen MR) is 119 cm³/mol. The molecule has 1 fully saturated rings. The highest BCUT2D eigenvalue weighted by Crippen LogP contribution is 2.36. The summed E-state index contributed by atoms with van der Waals surface area (Å²) in [5.41, 5.74) is 4.20. The number of aromatic nitrogens is 2. The fourth-order valence-electron chi connectivity index (χ4n) is 3.34. The molecule has 5 nitrogen and oxygen atoms in total. The van der Waals surface area contributed by atoms with Crippen LogP contribution in [0.25, 0.3) is 20.7 Å². The van der Waals surface area contributed by atoms with Gasteiger partial charge in [0.2, 0.25) is 0 Å². The molecular formula is C23H22N4OS. The minimum Gasteiger partial charge on any atom is -0.508 e. The molecule has 2 aromatic heterocycles. The van der Waals surface area contributed by atoms with Gasteiger partial charge in [-0.25, -0.2) is 9.97 Å². The first-order valence-electron chi connectivity index (χ1n) is 9.85. The number of fused-ring (bicyclic) bond motifs is 1. The maximum absolute atomic E-state index is 9.69. The maximum atomic E-state index is 9.69. The Kier molecular flexibility index (Phi) is 4.87. The van der Waals surface area contributed by atoms with E-state index in [4.69, 9.17) is 0 Å². The van der Waals surface area contributed by atoms with Gasteiger partial charge < -0.3 is 15.7 Å². The number of phenolic OH excluding ortho intramolecular Hbond substituents is 1. The summed E-state index contributed by atoms with van der Waals surface area (Å²) < 4.78 is 1.00. The molecule has 2 heterocycles.